The lowest BCUT2D eigenvalue weighted by molar-refractivity contribution is -0.140. The highest BCUT2D eigenvalue weighted by Crippen LogP contribution is 2.30. The van der Waals surface area contributed by atoms with Crippen molar-refractivity contribution in [1.82, 2.24) is 14.5 Å². The van der Waals surface area contributed by atoms with Crippen LogP contribution in [0.4, 0.5) is 0 Å². The molecule has 35 heavy (non-hydrogen) atoms. The lowest BCUT2D eigenvalue weighted by Gasteiger charge is -2.29. The molecule has 0 aromatic heterocycles. The van der Waals surface area contributed by atoms with Gasteiger partial charge in [-0.3, -0.25) is 14.4 Å². The third kappa shape index (κ3) is 6.02. The lowest BCUT2D eigenvalue weighted by atomic mass is 10.1. The van der Waals surface area contributed by atoms with Crippen LogP contribution in [0.5, 0.6) is 0 Å². The summed E-state index contributed by atoms with van der Waals surface area (Å²) in [6.45, 7) is 6.08. The first-order valence-corrected chi connectivity index (χ1v) is 13.3. The molecule has 2 aromatic carbocycles. The molecule has 8 nitrogen and oxygen atoms in total. The lowest BCUT2D eigenvalue weighted by Crippen LogP contribution is -2.48. The molecule has 1 aliphatic heterocycles. The van der Waals surface area contributed by atoms with Gasteiger partial charge >= 0.3 is 0 Å². The van der Waals surface area contributed by atoms with Gasteiger partial charge in [0.2, 0.25) is 11.8 Å². The fourth-order valence-corrected chi connectivity index (χ4v) is 5.62. The number of carbonyl (C=O) groups is 3. The van der Waals surface area contributed by atoms with Crippen LogP contribution >= 0.6 is 11.6 Å². The van der Waals surface area contributed by atoms with Crippen molar-refractivity contribution in [1.29, 1.82) is 0 Å². The number of rotatable bonds is 10. The third-order valence-electron chi connectivity index (χ3n) is 5.81. The van der Waals surface area contributed by atoms with E-state index in [0.29, 0.717) is 17.1 Å². The third-order valence-corrected chi connectivity index (χ3v) is 8.02. The highest BCUT2D eigenvalue weighted by atomic mass is 35.5. The molecule has 188 valence electrons. The largest absolute Gasteiger partial charge is 0.354 e. The molecule has 0 spiro atoms. The van der Waals surface area contributed by atoms with Crippen molar-refractivity contribution in [2.45, 2.75) is 51.1 Å². The zero-order valence-electron chi connectivity index (χ0n) is 20.0. The number of benzene rings is 2. The van der Waals surface area contributed by atoms with Gasteiger partial charge in [0.05, 0.1) is 5.56 Å². The molecule has 1 heterocycles. The van der Waals surface area contributed by atoms with Crippen LogP contribution in [0.3, 0.4) is 0 Å². The van der Waals surface area contributed by atoms with E-state index in [0.717, 1.165) is 4.31 Å². The van der Waals surface area contributed by atoms with Crippen molar-refractivity contribution in [2.75, 3.05) is 13.1 Å². The molecule has 10 heteroatoms. The molecular formula is C25H30ClN3O5S. The maximum absolute atomic E-state index is 13.2. The zero-order valence-corrected chi connectivity index (χ0v) is 21.6. The average molecular weight is 520 g/mol. The normalized spacial score (nSPS) is 15.1. The van der Waals surface area contributed by atoms with E-state index in [2.05, 4.69) is 5.32 Å². The van der Waals surface area contributed by atoms with Crippen LogP contribution in [-0.4, -0.2) is 54.5 Å². The Bertz CT molecular complexity index is 1220. The Balaban J connectivity index is 1.71. The van der Waals surface area contributed by atoms with Gasteiger partial charge in [0, 0.05) is 31.1 Å². The van der Waals surface area contributed by atoms with Gasteiger partial charge in [-0.2, -0.15) is 0 Å². The molecule has 0 saturated heterocycles. The predicted octanol–water partition coefficient (Wildman–Crippen LogP) is 3.45. The Morgan fingerprint density at radius 2 is 1.71 bits per heavy atom. The Morgan fingerprint density at radius 1 is 1.06 bits per heavy atom. The van der Waals surface area contributed by atoms with Crippen LogP contribution in [0, 0.1) is 5.92 Å². The molecule has 0 bridgehead atoms. The molecule has 3 rings (SSSR count). The number of hydrogen-bond acceptors (Lipinski definition) is 5. The van der Waals surface area contributed by atoms with Crippen molar-refractivity contribution in [3.05, 3.63) is 64.7 Å². The van der Waals surface area contributed by atoms with Gasteiger partial charge in [0.25, 0.3) is 15.9 Å². The second kappa shape index (κ2) is 11.2. The topological polar surface area (TPSA) is 104 Å². The van der Waals surface area contributed by atoms with E-state index in [1.54, 1.807) is 43.3 Å². The minimum Gasteiger partial charge on any atom is -0.354 e. The van der Waals surface area contributed by atoms with Crippen molar-refractivity contribution in [3.8, 4) is 0 Å². The van der Waals surface area contributed by atoms with Gasteiger partial charge in [-0.25, -0.2) is 12.7 Å². The first-order chi connectivity index (χ1) is 16.5. The second-order valence-electron chi connectivity index (χ2n) is 8.91. The quantitative estimate of drug-likeness (QED) is 0.517. The summed E-state index contributed by atoms with van der Waals surface area (Å²) in [6, 6.07) is 12.4. The molecule has 0 unspecified atom stereocenters. The fraction of sp³-hybridized carbons (Fsp3) is 0.400. The number of sulfonamides is 1. The van der Waals surface area contributed by atoms with Crippen LogP contribution in [-0.2, 0) is 26.2 Å². The average Bonchev–Trinajstić information content (AvgIpc) is 3.02. The van der Waals surface area contributed by atoms with Crippen molar-refractivity contribution < 1.29 is 22.8 Å². The standard InChI is InChI=1S/C25H30ClN3O5S/c1-17(2)15-27-24(31)18(3)28(16-19-9-4-6-11-21(19)26)23(30)13-8-14-29-25(32)20-10-5-7-12-22(20)35(29,33)34/h4-7,9-12,17-18H,8,13-16H2,1-3H3,(H,27,31)/t18-/m0/s1. The monoisotopic (exact) mass is 519 g/mol. The summed E-state index contributed by atoms with van der Waals surface area (Å²) in [6.07, 6.45) is 0.0824. The summed E-state index contributed by atoms with van der Waals surface area (Å²) < 4.78 is 26.3. The Kier molecular flexibility index (Phi) is 8.56. The number of fused-ring (bicyclic) bond motifs is 1. The summed E-state index contributed by atoms with van der Waals surface area (Å²) in [7, 11) is -3.94. The molecule has 0 saturated carbocycles. The highest BCUT2D eigenvalue weighted by molar-refractivity contribution is 7.90. The van der Waals surface area contributed by atoms with E-state index in [4.69, 9.17) is 11.6 Å². The van der Waals surface area contributed by atoms with Crippen LogP contribution in [0.25, 0.3) is 0 Å². The summed E-state index contributed by atoms with van der Waals surface area (Å²) in [4.78, 5) is 40.0. The summed E-state index contributed by atoms with van der Waals surface area (Å²) >= 11 is 6.29. The van der Waals surface area contributed by atoms with Crippen molar-refractivity contribution in [3.63, 3.8) is 0 Å². The number of hydrogen-bond donors (Lipinski definition) is 1. The number of carbonyl (C=O) groups excluding carboxylic acids is 3. The van der Waals surface area contributed by atoms with E-state index in [9.17, 15) is 22.8 Å². The van der Waals surface area contributed by atoms with E-state index in [-0.39, 0.29) is 54.1 Å². The molecule has 0 radical (unpaired) electrons. The minimum atomic E-state index is -3.94. The molecule has 0 aliphatic carbocycles. The van der Waals surface area contributed by atoms with Gasteiger partial charge in [0.1, 0.15) is 10.9 Å². The van der Waals surface area contributed by atoms with Crippen LogP contribution in [0.1, 0.15) is 49.5 Å². The first-order valence-electron chi connectivity index (χ1n) is 11.5. The van der Waals surface area contributed by atoms with Gasteiger partial charge < -0.3 is 10.2 Å². The van der Waals surface area contributed by atoms with Crippen molar-refractivity contribution >= 4 is 39.3 Å². The van der Waals surface area contributed by atoms with Gasteiger partial charge in [0.15, 0.2) is 0 Å². The van der Waals surface area contributed by atoms with Crippen molar-refractivity contribution in [2.24, 2.45) is 5.92 Å². The predicted molar refractivity (Wildman–Crippen MR) is 133 cm³/mol. The minimum absolute atomic E-state index is 0.0212. The van der Waals surface area contributed by atoms with Crippen LogP contribution in [0.15, 0.2) is 53.4 Å². The first kappa shape index (κ1) is 26.7. The van der Waals surface area contributed by atoms with Gasteiger partial charge in [-0.1, -0.05) is 55.8 Å². The van der Waals surface area contributed by atoms with Crippen LogP contribution in [0.2, 0.25) is 5.02 Å². The Hall–Kier alpha value is -2.91. The van der Waals surface area contributed by atoms with E-state index < -0.39 is 22.0 Å². The van der Waals surface area contributed by atoms with Gasteiger partial charge in [-0.05, 0) is 43.0 Å². The maximum atomic E-state index is 13.2. The number of halogens is 1. The van der Waals surface area contributed by atoms with E-state index >= 15 is 0 Å². The Morgan fingerprint density at radius 3 is 2.37 bits per heavy atom. The molecular weight excluding hydrogens is 490 g/mol. The van der Waals surface area contributed by atoms with Crippen LogP contribution < -0.4 is 5.32 Å². The molecule has 1 N–H and O–H groups in total. The van der Waals surface area contributed by atoms with Gasteiger partial charge in [-0.15, -0.1) is 0 Å². The highest BCUT2D eigenvalue weighted by Gasteiger charge is 2.40. The SMILES string of the molecule is CC(C)CNC(=O)[C@H](C)N(Cc1ccccc1Cl)C(=O)CCCN1C(=O)c2ccccc2S1(=O)=O. The number of amides is 3. The Labute approximate surface area is 211 Å². The molecule has 1 atom stereocenters. The molecule has 2 aromatic rings. The molecule has 1 aliphatic rings. The maximum Gasteiger partial charge on any atom is 0.269 e. The number of nitrogens with one attached hydrogen (secondary N) is 1. The summed E-state index contributed by atoms with van der Waals surface area (Å²) in [5.41, 5.74) is 0.827. The molecule has 3 amide bonds. The number of nitrogens with zero attached hydrogens (tertiary/aromatic N) is 2. The summed E-state index contributed by atoms with van der Waals surface area (Å²) in [5, 5.41) is 3.33. The van der Waals surface area contributed by atoms with E-state index in [1.807, 2.05) is 13.8 Å². The second-order valence-corrected chi connectivity index (χ2v) is 11.1. The smallest absolute Gasteiger partial charge is 0.269 e. The summed E-state index contributed by atoms with van der Waals surface area (Å²) in [5.74, 6) is -0.962. The van der Waals surface area contributed by atoms with E-state index in [1.165, 1.54) is 17.0 Å². The fourth-order valence-electron chi connectivity index (χ4n) is 3.81. The zero-order chi connectivity index (χ0) is 25.8. The molecule has 0 fully saturated rings.